The lowest BCUT2D eigenvalue weighted by molar-refractivity contribution is -0.173. The lowest BCUT2D eigenvalue weighted by atomic mass is 9.75. The summed E-state index contributed by atoms with van der Waals surface area (Å²) in [6.45, 7) is 8.86. The Hall–Kier alpha value is -1.95. The number of rotatable bonds is 8. The van der Waals surface area contributed by atoms with Crippen molar-refractivity contribution in [2.24, 2.45) is 41.2 Å². The van der Waals surface area contributed by atoms with Crippen LogP contribution in [0.1, 0.15) is 60.3 Å². The second kappa shape index (κ2) is 10.2. The first-order chi connectivity index (χ1) is 16.2. The Morgan fingerprint density at radius 2 is 1.77 bits per heavy atom. The zero-order chi connectivity index (χ0) is 26.3. The Labute approximate surface area is 205 Å². The fourth-order valence-corrected chi connectivity index (χ4v) is 6.09. The van der Waals surface area contributed by atoms with Crippen LogP contribution >= 0.6 is 0 Å². The maximum absolute atomic E-state index is 14.5. The minimum absolute atomic E-state index is 0.212. The highest BCUT2D eigenvalue weighted by atomic mass is 32.2. The molecular formula is C23H36FNO9S. The van der Waals surface area contributed by atoms with Gasteiger partial charge in [-0.15, -0.1) is 0 Å². The predicted molar refractivity (Wildman–Crippen MR) is 121 cm³/mol. The highest BCUT2D eigenvalue weighted by Gasteiger charge is 2.75. The van der Waals surface area contributed by atoms with E-state index in [2.05, 4.69) is 25.0 Å². The average molecular weight is 522 g/mol. The molecule has 0 unspecified atom stereocenters. The molecule has 0 aromatic carbocycles. The molecule has 0 bridgehead atoms. The monoisotopic (exact) mass is 521 g/mol. The number of carbonyl (C=O) groups excluding carboxylic acids is 3. The highest BCUT2D eigenvalue weighted by molar-refractivity contribution is 7.87. The van der Waals surface area contributed by atoms with Gasteiger partial charge in [-0.25, -0.2) is 14.0 Å². The van der Waals surface area contributed by atoms with Crippen LogP contribution in [0, 0.1) is 35.5 Å². The zero-order valence-electron chi connectivity index (χ0n) is 20.8. The van der Waals surface area contributed by atoms with Gasteiger partial charge in [-0.3, -0.25) is 4.79 Å². The van der Waals surface area contributed by atoms with Gasteiger partial charge >= 0.3 is 28.2 Å². The Morgan fingerprint density at radius 1 is 1.11 bits per heavy atom. The van der Waals surface area contributed by atoms with Gasteiger partial charge < -0.3 is 24.1 Å². The van der Waals surface area contributed by atoms with Gasteiger partial charge in [-0.1, -0.05) is 27.2 Å². The van der Waals surface area contributed by atoms with E-state index < -0.39 is 69.7 Å². The van der Waals surface area contributed by atoms with E-state index in [9.17, 15) is 27.2 Å². The number of alkyl halides is 1. The summed E-state index contributed by atoms with van der Waals surface area (Å²) in [6, 6.07) is 0. The first-order valence-electron chi connectivity index (χ1n) is 12.2. The summed E-state index contributed by atoms with van der Waals surface area (Å²) in [5, 5.41) is 0. The van der Waals surface area contributed by atoms with Crippen molar-refractivity contribution in [2.45, 2.75) is 84.4 Å². The molecule has 35 heavy (non-hydrogen) atoms. The molecule has 12 heteroatoms. The summed E-state index contributed by atoms with van der Waals surface area (Å²) in [5.41, 5.74) is 3.68. The minimum Gasteiger partial charge on any atom is -0.431 e. The van der Waals surface area contributed by atoms with Crippen molar-refractivity contribution in [1.82, 2.24) is 0 Å². The molecule has 200 valence electrons. The largest absolute Gasteiger partial charge is 0.511 e. The van der Waals surface area contributed by atoms with Gasteiger partial charge in [0.25, 0.3) is 0 Å². The maximum Gasteiger partial charge on any atom is 0.511 e. The predicted octanol–water partition coefficient (Wildman–Crippen LogP) is 2.68. The van der Waals surface area contributed by atoms with Crippen molar-refractivity contribution in [3.05, 3.63) is 0 Å². The second-order valence-corrected chi connectivity index (χ2v) is 12.3. The van der Waals surface area contributed by atoms with Crippen LogP contribution in [0.25, 0.3) is 0 Å². The summed E-state index contributed by atoms with van der Waals surface area (Å²) in [4.78, 5) is 37.4. The molecule has 0 spiro atoms. The number of hydrogen-bond acceptors (Lipinski definition) is 10. The molecule has 0 amide bonds. The second-order valence-electron chi connectivity index (χ2n) is 10.4. The van der Waals surface area contributed by atoms with Crippen LogP contribution in [-0.4, -0.2) is 56.4 Å². The fourth-order valence-electron chi connectivity index (χ4n) is 5.60. The van der Waals surface area contributed by atoms with E-state index in [1.807, 2.05) is 0 Å². The SMILES string of the molecule is CCS(=O)(=O)OC(=O)[C@@]1(N)[C@H]2[C@@H](C[C@@H]1F)[C@@H]2C(=O)O[C@H](C)OC(=O)O[C@@H]1C[C@H](C)CC[C@H]1C(C)C. The summed E-state index contributed by atoms with van der Waals surface area (Å²) >= 11 is 0. The van der Waals surface area contributed by atoms with Crippen LogP contribution in [0.4, 0.5) is 9.18 Å². The molecule has 3 aliphatic carbocycles. The standard InChI is InChI=1S/C23H36FNO9S/c1-6-35(29,30)34-21(27)23(25)17(24)10-15-18(19(15)23)20(26)31-13(5)32-22(28)33-16-9-12(4)7-8-14(16)11(2)3/h11-19H,6-10,25H2,1-5H3/t12-,13+,14+,15+,16-,17+,18+,19+,23+/m1/s1. The Kier molecular flexibility index (Phi) is 8.05. The molecule has 0 radical (unpaired) electrons. The molecule has 3 rings (SSSR count). The van der Waals surface area contributed by atoms with E-state index in [0.29, 0.717) is 11.8 Å². The third-order valence-corrected chi connectivity index (χ3v) is 8.77. The van der Waals surface area contributed by atoms with Crippen LogP contribution in [0.5, 0.6) is 0 Å². The molecule has 0 heterocycles. The zero-order valence-corrected chi connectivity index (χ0v) is 21.6. The van der Waals surface area contributed by atoms with Crippen LogP contribution in [0.2, 0.25) is 0 Å². The first kappa shape index (κ1) is 27.6. The van der Waals surface area contributed by atoms with E-state index >= 15 is 0 Å². The molecule has 2 N–H and O–H groups in total. The molecule has 0 aromatic heterocycles. The van der Waals surface area contributed by atoms with E-state index in [1.54, 1.807) is 0 Å². The number of esters is 1. The molecule has 3 saturated carbocycles. The van der Waals surface area contributed by atoms with Crippen LogP contribution in [-0.2, 0) is 38.1 Å². The van der Waals surface area contributed by atoms with Crippen molar-refractivity contribution in [2.75, 3.05) is 5.75 Å². The van der Waals surface area contributed by atoms with E-state index in [4.69, 9.17) is 19.9 Å². The van der Waals surface area contributed by atoms with Gasteiger partial charge in [0.1, 0.15) is 12.3 Å². The molecule has 3 aliphatic rings. The third kappa shape index (κ3) is 5.73. The van der Waals surface area contributed by atoms with Crippen molar-refractivity contribution in [3.63, 3.8) is 0 Å². The van der Waals surface area contributed by atoms with Gasteiger partial charge in [0.15, 0.2) is 5.54 Å². The maximum atomic E-state index is 14.5. The summed E-state index contributed by atoms with van der Waals surface area (Å²) < 4.78 is 58.1. The quantitative estimate of drug-likeness (QED) is 0.287. The van der Waals surface area contributed by atoms with Gasteiger partial charge in [-0.2, -0.15) is 8.42 Å². The fraction of sp³-hybridized carbons (Fsp3) is 0.870. The molecule has 0 saturated heterocycles. The number of halogens is 1. The molecule has 9 atom stereocenters. The van der Waals surface area contributed by atoms with Gasteiger partial charge in [0.05, 0.1) is 11.7 Å². The van der Waals surface area contributed by atoms with Gasteiger partial charge in [0, 0.05) is 12.8 Å². The Bertz CT molecular complexity index is 941. The number of carbonyl (C=O) groups is 3. The summed E-state index contributed by atoms with van der Waals surface area (Å²) in [6.07, 6.45) is -1.86. The Balaban J connectivity index is 1.55. The smallest absolute Gasteiger partial charge is 0.431 e. The molecule has 10 nitrogen and oxygen atoms in total. The lowest BCUT2D eigenvalue weighted by Gasteiger charge is -2.36. The molecule has 3 fully saturated rings. The van der Waals surface area contributed by atoms with Crippen molar-refractivity contribution in [1.29, 1.82) is 0 Å². The summed E-state index contributed by atoms with van der Waals surface area (Å²) in [7, 11) is -4.20. The molecular weight excluding hydrogens is 485 g/mol. The first-order valence-corrected chi connectivity index (χ1v) is 13.8. The third-order valence-electron chi connectivity index (χ3n) is 7.65. The molecule has 0 aromatic rings. The van der Waals surface area contributed by atoms with Crippen LogP contribution < -0.4 is 5.73 Å². The number of nitrogens with two attached hydrogens (primary N) is 1. The molecule has 0 aliphatic heterocycles. The van der Waals surface area contributed by atoms with Crippen LogP contribution in [0.3, 0.4) is 0 Å². The number of ether oxygens (including phenoxy) is 3. The number of hydrogen-bond donors (Lipinski definition) is 1. The lowest BCUT2D eigenvalue weighted by Crippen LogP contribution is -2.57. The highest BCUT2D eigenvalue weighted by Crippen LogP contribution is 2.63. The van der Waals surface area contributed by atoms with Crippen molar-refractivity contribution in [3.8, 4) is 0 Å². The van der Waals surface area contributed by atoms with Gasteiger partial charge in [0.2, 0.25) is 6.29 Å². The van der Waals surface area contributed by atoms with E-state index in [1.165, 1.54) is 13.8 Å². The number of fused-ring (bicyclic) bond motifs is 1. The topological polar surface area (TPSA) is 148 Å². The van der Waals surface area contributed by atoms with Crippen molar-refractivity contribution >= 4 is 28.2 Å². The van der Waals surface area contributed by atoms with E-state index in [0.717, 1.165) is 19.3 Å². The van der Waals surface area contributed by atoms with Crippen LogP contribution in [0.15, 0.2) is 0 Å². The summed E-state index contributed by atoms with van der Waals surface area (Å²) in [5.74, 6) is -4.28. The Morgan fingerprint density at radius 3 is 2.37 bits per heavy atom. The average Bonchev–Trinajstić information content (AvgIpc) is 3.39. The normalized spacial score (nSPS) is 37.2. The van der Waals surface area contributed by atoms with Gasteiger partial charge in [-0.05, 0) is 49.9 Å². The minimum atomic E-state index is -4.20. The van der Waals surface area contributed by atoms with E-state index in [-0.39, 0.29) is 18.4 Å². The van der Waals surface area contributed by atoms with Crippen molar-refractivity contribution < 1.29 is 45.6 Å².